The van der Waals surface area contributed by atoms with Crippen LogP contribution in [0.2, 0.25) is 0 Å². The predicted octanol–water partition coefficient (Wildman–Crippen LogP) is 1.11. The van der Waals surface area contributed by atoms with Crippen LogP contribution in [0.5, 0.6) is 0 Å². The Bertz CT molecular complexity index is 620. The van der Waals surface area contributed by atoms with E-state index in [1.54, 1.807) is 26.0 Å². The van der Waals surface area contributed by atoms with Crippen LogP contribution in [0.4, 0.5) is 0 Å². The van der Waals surface area contributed by atoms with Crippen LogP contribution in [0.3, 0.4) is 0 Å². The summed E-state index contributed by atoms with van der Waals surface area (Å²) in [5, 5.41) is 11.3. The molecule has 0 atom stereocenters. The van der Waals surface area contributed by atoms with Gasteiger partial charge in [-0.05, 0) is 30.0 Å². The van der Waals surface area contributed by atoms with Crippen LogP contribution in [-0.4, -0.2) is 43.5 Å². The van der Waals surface area contributed by atoms with E-state index in [1.807, 2.05) is 0 Å². The number of carboxylic acid groups (broad SMARTS) is 1. The maximum Gasteiger partial charge on any atom is 0.335 e. The Balaban J connectivity index is 2.40. The average molecular weight is 327 g/mol. The molecule has 7 heteroatoms. The van der Waals surface area contributed by atoms with Crippen molar-refractivity contribution in [3.05, 3.63) is 35.4 Å². The normalized spacial score (nSPS) is 11.4. The van der Waals surface area contributed by atoms with Gasteiger partial charge in [0.1, 0.15) is 5.75 Å². The van der Waals surface area contributed by atoms with Gasteiger partial charge in [-0.2, -0.15) is 0 Å². The molecule has 1 amide bonds. The maximum atomic E-state index is 11.7. The molecule has 0 saturated carbocycles. The molecular weight excluding hydrogens is 306 g/mol. The van der Waals surface area contributed by atoms with E-state index < -0.39 is 27.5 Å². The van der Waals surface area contributed by atoms with E-state index in [0.29, 0.717) is 13.0 Å². The summed E-state index contributed by atoms with van der Waals surface area (Å²) in [6.07, 6.45) is 0.510. The van der Waals surface area contributed by atoms with Gasteiger partial charge in [-0.25, -0.2) is 13.2 Å². The smallest absolute Gasteiger partial charge is 0.335 e. The van der Waals surface area contributed by atoms with E-state index in [2.05, 4.69) is 5.32 Å². The Morgan fingerprint density at radius 2 is 1.77 bits per heavy atom. The van der Waals surface area contributed by atoms with Crippen molar-refractivity contribution in [1.82, 2.24) is 5.32 Å². The van der Waals surface area contributed by atoms with Crippen LogP contribution in [0.15, 0.2) is 24.3 Å². The quantitative estimate of drug-likeness (QED) is 0.745. The number of aromatic carboxylic acids is 1. The fourth-order valence-corrected chi connectivity index (χ4v) is 3.61. The van der Waals surface area contributed by atoms with E-state index in [-0.39, 0.29) is 17.2 Å². The van der Waals surface area contributed by atoms with E-state index >= 15 is 0 Å². The highest BCUT2D eigenvalue weighted by Crippen LogP contribution is 2.05. The van der Waals surface area contributed by atoms with Gasteiger partial charge in [-0.15, -0.1) is 0 Å². The zero-order valence-electron chi connectivity index (χ0n) is 12.7. The zero-order valence-corrected chi connectivity index (χ0v) is 13.5. The molecule has 1 aromatic carbocycles. The number of hydrogen-bond donors (Lipinski definition) is 2. The second-order valence-corrected chi connectivity index (χ2v) is 7.66. The Kier molecular flexibility index (Phi) is 6.55. The summed E-state index contributed by atoms with van der Waals surface area (Å²) in [6, 6.07) is 6.33. The molecule has 0 radical (unpaired) electrons. The van der Waals surface area contributed by atoms with E-state index in [0.717, 1.165) is 5.56 Å². The van der Waals surface area contributed by atoms with Gasteiger partial charge in [0.25, 0.3) is 0 Å². The van der Waals surface area contributed by atoms with Crippen LogP contribution in [0.1, 0.15) is 29.8 Å². The highest BCUT2D eigenvalue weighted by molar-refractivity contribution is 7.92. The number of carbonyl (C=O) groups is 2. The molecule has 0 aromatic heterocycles. The lowest BCUT2D eigenvalue weighted by Crippen LogP contribution is -2.33. The van der Waals surface area contributed by atoms with Gasteiger partial charge in [0.2, 0.25) is 5.91 Å². The van der Waals surface area contributed by atoms with Crippen LogP contribution in [0, 0.1) is 5.92 Å². The molecule has 0 fully saturated rings. The average Bonchev–Trinajstić information content (AvgIpc) is 2.36. The van der Waals surface area contributed by atoms with Gasteiger partial charge in [-0.3, -0.25) is 4.79 Å². The molecule has 6 nitrogen and oxygen atoms in total. The first kappa shape index (κ1) is 18.2. The van der Waals surface area contributed by atoms with Crippen molar-refractivity contribution in [3.8, 4) is 0 Å². The lowest BCUT2D eigenvalue weighted by molar-refractivity contribution is -0.118. The first-order chi connectivity index (χ1) is 10.2. The second-order valence-electron chi connectivity index (χ2n) is 5.55. The molecular formula is C15H21NO5S. The standard InChI is InChI=1S/C15H21NO5S/c1-11(2)9-22(20,21)10-14(17)16-8-7-12-3-5-13(6-4-12)15(18)19/h3-6,11H,7-10H2,1-2H3,(H,16,17)(H,18,19). The van der Waals surface area contributed by atoms with Gasteiger partial charge in [-0.1, -0.05) is 26.0 Å². The topological polar surface area (TPSA) is 101 Å². The van der Waals surface area contributed by atoms with Crippen molar-refractivity contribution in [1.29, 1.82) is 0 Å². The van der Waals surface area contributed by atoms with Crippen molar-refractivity contribution in [2.45, 2.75) is 20.3 Å². The van der Waals surface area contributed by atoms with Gasteiger partial charge in [0.05, 0.1) is 11.3 Å². The van der Waals surface area contributed by atoms with Gasteiger partial charge in [0.15, 0.2) is 9.84 Å². The summed E-state index contributed by atoms with van der Waals surface area (Å²) < 4.78 is 23.3. The molecule has 0 spiro atoms. The molecule has 0 aliphatic carbocycles. The van der Waals surface area contributed by atoms with Crippen LogP contribution in [0.25, 0.3) is 0 Å². The molecule has 0 aliphatic heterocycles. The number of nitrogens with one attached hydrogen (secondary N) is 1. The molecule has 2 N–H and O–H groups in total. The molecule has 0 unspecified atom stereocenters. The summed E-state index contributed by atoms with van der Waals surface area (Å²) in [7, 11) is -3.37. The molecule has 1 rings (SSSR count). The molecule has 0 aliphatic rings. The minimum absolute atomic E-state index is 0.00291. The van der Waals surface area contributed by atoms with E-state index in [4.69, 9.17) is 5.11 Å². The molecule has 0 saturated heterocycles. The van der Waals surface area contributed by atoms with Gasteiger partial charge in [0, 0.05) is 6.54 Å². The Hall–Kier alpha value is -1.89. The summed E-state index contributed by atoms with van der Waals surface area (Å²) in [6.45, 7) is 3.88. The molecule has 22 heavy (non-hydrogen) atoms. The first-order valence-electron chi connectivity index (χ1n) is 6.99. The van der Waals surface area contributed by atoms with Gasteiger partial charge < -0.3 is 10.4 Å². The second kappa shape index (κ2) is 7.93. The predicted molar refractivity (Wildman–Crippen MR) is 83.6 cm³/mol. The molecule has 122 valence electrons. The fraction of sp³-hybridized carbons (Fsp3) is 0.467. The summed E-state index contributed by atoms with van der Waals surface area (Å²) >= 11 is 0. The Morgan fingerprint density at radius 3 is 2.27 bits per heavy atom. The van der Waals surface area contributed by atoms with Crippen molar-refractivity contribution in [3.63, 3.8) is 0 Å². The highest BCUT2D eigenvalue weighted by Gasteiger charge is 2.17. The third kappa shape index (κ3) is 6.71. The fourth-order valence-electron chi connectivity index (χ4n) is 1.98. The van der Waals surface area contributed by atoms with Crippen molar-refractivity contribution in [2.75, 3.05) is 18.1 Å². The minimum atomic E-state index is -3.37. The Morgan fingerprint density at radius 1 is 1.18 bits per heavy atom. The number of amides is 1. The zero-order chi connectivity index (χ0) is 16.8. The molecule has 0 bridgehead atoms. The van der Waals surface area contributed by atoms with Crippen molar-refractivity contribution >= 4 is 21.7 Å². The molecule has 1 aromatic rings. The third-order valence-corrected chi connectivity index (χ3v) is 4.75. The molecule has 0 heterocycles. The SMILES string of the molecule is CC(C)CS(=O)(=O)CC(=O)NCCc1ccc(C(=O)O)cc1. The van der Waals surface area contributed by atoms with Crippen LogP contribution < -0.4 is 5.32 Å². The summed E-state index contributed by atoms with van der Waals surface area (Å²) in [5.41, 5.74) is 1.07. The number of carbonyl (C=O) groups excluding carboxylic acids is 1. The number of hydrogen-bond acceptors (Lipinski definition) is 4. The Labute approximate surface area is 130 Å². The van der Waals surface area contributed by atoms with Crippen molar-refractivity contribution < 1.29 is 23.1 Å². The van der Waals surface area contributed by atoms with Crippen molar-refractivity contribution in [2.24, 2.45) is 5.92 Å². The van der Waals surface area contributed by atoms with E-state index in [1.165, 1.54) is 12.1 Å². The number of benzene rings is 1. The maximum absolute atomic E-state index is 11.7. The number of sulfone groups is 1. The lowest BCUT2D eigenvalue weighted by Gasteiger charge is -2.08. The third-order valence-electron chi connectivity index (χ3n) is 2.88. The van der Waals surface area contributed by atoms with Crippen LogP contribution in [-0.2, 0) is 21.1 Å². The van der Waals surface area contributed by atoms with E-state index in [9.17, 15) is 18.0 Å². The first-order valence-corrected chi connectivity index (χ1v) is 8.81. The summed E-state index contributed by atoms with van der Waals surface area (Å²) in [5.74, 6) is -2.01. The van der Waals surface area contributed by atoms with Gasteiger partial charge >= 0.3 is 5.97 Å². The highest BCUT2D eigenvalue weighted by atomic mass is 32.2. The minimum Gasteiger partial charge on any atom is -0.478 e. The lowest BCUT2D eigenvalue weighted by atomic mass is 10.1. The van der Waals surface area contributed by atoms with Crippen LogP contribution >= 0.6 is 0 Å². The number of carboxylic acids is 1. The number of rotatable bonds is 8. The summed E-state index contributed by atoms with van der Waals surface area (Å²) in [4.78, 5) is 22.3. The monoisotopic (exact) mass is 327 g/mol. The largest absolute Gasteiger partial charge is 0.478 e.